The van der Waals surface area contributed by atoms with Gasteiger partial charge < -0.3 is 10.5 Å². The molecule has 2 N–H and O–H groups in total. The Labute approximate surface area is 106 Å². The molecule has 0 amide bonds. The third-order valence-corrected chi connectivity index (χ3v) is 3.65. The first-order chi connectivity index (χ1) is 8.68. The summed E-state index contributed by atoms with van der Waals surface area (Å²) in [6.07, 6.45) is 5.75. The lowest BCUT2D eigenvalue weighted by Crippen LogP contribution is -2.24. The maximum absolute atomic E-state index is 12.3. The summed E-state index contributed by atoms with van der Waals surface area (Å²) < 4.78 is 29.2. The molecule has 0 heterocycles. The first kappa shape index (κ1) is 13.3. The van der Waals surface area contributed by atoms with Crippen LogP contribution in [0.3, 0.4) is 0 Å². The molecule has 0 aliphatic heterocycles. The number of nitrogens with two attached hydrogens (primary N) is 1. The average Bonchev–Trinajstić information content (AvgIpc) is 2.39. The van der Waals surface area contributed by atoms with Crippen LogP contribution in [0, 0.1) is 5.92 Å². The van der Waals surface area contributed by atoms with Crippen molar-refractivity contribution in [2.24, 2.45) is 11.7 Å². The number of ether oxygens (including phenoxy) is 1. The van der Waals surface area contributed by atoms with Gasteiger partial charge in [-0.15, -0.1) is 0 Å². The smallest absolute Gasteiger partial charge is 0.387 e. The minimum atomic E-state index is -2.80. The van der Waals surface area contributed by atoms with Crippen LogP contribution in [0.1, 0.15) is 43.7 Å². The molecule has 0 radical (unpaired) electrons. The summed E-state index contributed by atoms with van der Waals surface area (Å²) >= 11 is 0. The molecule has 1 aliphatic carbocycles. The van der Waals surface area contributed by atoms with Crippen LogP contribution >= 0.6 is 0 Å². The fourth-order valence-electron chi connectivity index (χ4n) is 2.71. The van der Waals surface area contributed by atoms with Crippen molar-refractivity contribution in [3.8, 4) is 5.75 Å². The van der Waals surface area contributed by atoms with Crippen molar-refractivity contribution in [2.45, 2.75) is 44.8 Å². The monoisotopic (exact) mass is 255 g/mol. The van der Waals surface area contributed by atoms with Crippen molar-refractivity contribution < 1.29 is 13.5 Å². The predicted molar refractivity (Wildman–Crippen MR) is 66.6 cm³/mol. The van der Waals surface area contributed by atoms with Gasteiger partial charge in [-0.25, -0.2) is 0 Å². The van der Waals surface area contributed by atoms with E-state index in [1.165, 1.54) is 19.3 Å². The van der Waals surface area contributed by atoms with E-state index < -0.39 is 6.61 Å². The van der Waals surface area contributed by atoms with Crippen LogP contribution in [0.15, 0.2) is 24.3 Å². The SMILES string of the molecule is N[C@H](c1ccccc1OC(F)F)C1CCCCC1. The molecule has 1 aromatic rings. The number of benzene rings is 1. The Kier molecular flexibility index (Phi) is 4.53. The van der Waals surface area contributed by atoms with E-state index in [9.17, 15) is 8.78 Å². The van der Waals surface area contributed by atoms with Crippen molar-refractivity contribution in [3.63, 3.8) is 0 Å². The number of alkyl halides is 2. The minimum Gasteiger partial charge on any atom is -0.434 e. The summed E-state index contributed by atoms with van der Waals surface area (Å²) in [6.45, 7) is -2.80. The Morgan fingerprint density at radius 3 is 2.44 bits per heavy atom. The minimum absolute atomic E-state index is 0.208. The van der Waals surface area contributed by atoms with Gasteiger partial charge in [0.1, 0.15) is 5.75 Å². The normalized spacial score (nSPS) is 18.9. The van der Waals surface area contributed by atoms with E-state index in [0.717, 1.165) is 12.8 Å². The standard InChI is InChI=1S/C14H19F2NO/c15-14(16)18-12-9-5-4-8-11(12)13(17)10-6-2-1-3-7-10/h4-5,8-10,13-14H,1-3,6-7,17H2/t13-/m0/s1. The topological polar surface area (TPSA) is 35.2 Å². The first-order valence-electron chi connectivity index (χ1n) is 6.48. The fraction of sp³-hybridized carbons (Fsp3) is 0.571. The van der Waals surface area contributed by atoms with Gasteiger partial charge in [0.2, 0.25) is 0 Å². The van der Waals surface area contributed by atoms with E-state index in [2.05, 4.69) is 4.74 Å². The van der Waals surface area contributed by atoms with Gasteiger partial charge in [-0.05, 0) is 24.8 Å². The largest absolute Gasteiger partial charge is 0.434 e. The molecular formula is C14H19F2NO. The summed E-state index contributed by atoms with van der Waals surface area (Å²) in [7, 11) is 0. The second kappa shape index (κ2) is 6.14. The van der Waals surface area contributed by atoms with E-state index in [-0.39, 0.29) is 11.8 Å². The van der Waals surface area contributed by atoms with Gasteiger partial charge in [-0.2, -0.15) is 8.78 Å². The summed E-state index contributed by atoms with van der Waals surface area (Å²) in [6, 6.07) is 6.65. The lowest BCUT2D eigenvalue weighted by atomic mass is 9.81. The van der Waals surface area contributed by atoms with E-state index in [4.69, 9.17) is 5.73 Å². The zero-order valence-corrected chi connectivity index (χ0v) is 10.3. The van der Waals surface area contributed by atoms with Crippen molar-refractivity contribution in [3.05, 3.63) is 29.8 Å². The van der Waals surface area contributed by atoms with Gasteiger partial charge in [-0.1, -0.05) is 37.5 Å². The van der Waals surface area contributed by atoms with Gasteiger partial charge >= 0.3 is 6.61 Å². The molecule has 2 nitrogen and oxygen atoms in total. The molecule has 4 heteroatoms. The van der Waals surface area contributed by atoms with Crippen molar-refractivity contribution in [1.29, 1.82) is 0 Å². The van der Waals surface area contributed by atoms with Gasteiger partial charge in [0.25, 0.3) is 0 Å². The molecule has 2 rings (SSSR count). The van der Waals surface area contributed by atoms with E-state index in [1.807, 2.05) is 6.07 Å². The highest BCUT2D eigenvalue weighted by Gasteiger charge is 2.24. The first-order valence-corrected chi connectivity index (χ1v) is 6.48. The Morgan fingerprint density at radius 2 is 1.78 bits per heavy atom. The van der Waals surface area contributed by atoms with Crippen LogP contribution in [-0.2, 0) is 0 Å². The molecule has 0 aromatic heterocycles. The fourth-order valence-corrected chi connectivity index (χ4v) is 2.71. The lowest BCUT2D eigenvalue weighted by molar-refractivity contribution is -0.0508. The second-order valence-corrected chi connectivity index (χ2v) is 4.84. The van der Waals surface area contributed by atoms with Crippen molar-refractivity contribution >= 4 is 0 Å². The zero-order valence-electron chi connectivity index (χ0n) is 10.3. The molecule has 0 spiro atoms. The number of para-hydroxylation sites is 1. The number of halogens is 2. The molecule has 0 bridgehead atoms. The highest BCUT2D eigenvalue weighted by Crippen LogP contribution is 2.36. The van der Waals surface area contributed by atoms with Crippen LogP contribution in [-0.4, -0.2) is 6.61 Å². The third kappa shape index (κ3) is 3.19. The van der Waals surface area contributed by atoms with Crippen LogP contribution in [0.4, 0.5) is 8.78 Å². The second-order valence-electron chi connectivity index (χ2n) is 4.84. The van der Waals surface area contributed by atoms with Crippen LogP contribution in [0.2, 0.25) is 0 Å². The maximum atomic E-state index is 12.3. The quantitative estimate of drug-likeness (QED) is 0.886. The third-order valence-electron chi connectivity index (χ3n) is 3.65. The summed E-state index contributed by atoms with van der Waals surface area (Å²) in [4.78, 5) is 0. The summed E-state index contributed by atoms with van der Waals surface area (Å²) in [5.41, 5.74) is 6.92. The number of rotatable bonds is 4. The number of hydrogen-bond acceptors (Lipinski definition) is 2. The Balaban J connectivity index is 2.15. The van der Waals surface area contributed by atoms with Crippen LogP contribution < -0.4 is 10.5 Å². The molecule has 1 aliphatic rings. The Morgan fingerprint density at radius 1 is 1.11 bits per heavy atom. The summed E-state index contributed by atoms with van der Waals surface area (Å²) in [5, 5.41) is 0. The van der Waals surface area contributed by atoms with E-state index in [1.54, 1.807) is 18.2 Å². The molecule has 1 aromatic carbocycles. The Bertz CT molecular complexity index is 378. The molecule has 0 saturated heterocycles. The van der Waals surface area contributed by atoms with E-state index >= 15 is 0 Å². The molecule has 100 valence electrons. The molecular weight excluding hydrogens is 236 g/mol. The van der Waals surface area contributed by atoms with Gasteiger partial charge in [0, 0.05) is 11.6 Å². The predicted octanol–water partition coefficient (Wildman–Crippen LogP) is 3.87. The Hall–Kier alpha value is -1.16. The van der Waals surface area contributed by atoms with Gasteiger partial charge in [0.15, 0.2) is 0 Å². The lowest BCUT2D eigenvalue weighted by Gasteiger charge is -2.28. The zero-order chi connectivity index (χ0) is 13.0. The highest BCUT2D eigenvalue weighted by molar-refractivity contribution is 5.36. The van der Waals surface area contributed by atoms with Crippen LogP contribution in [0.5, 0.6) is 5.75 Å². The van der Waals surface area contributed by atoms with Crippen molar-refractivity contribution in [1.82, 2.24) is 0 Å². The van der Waals surface area contributed by atoms with E-state index in [0.29, 0.717) is 11.5 Å². The molecule has 1 fully saturated rings. The molecule has 1 atom stereocenters. The van der Waals surface area contributed by atoms with Crippen LogP contribution in [0.25, 0.3) is 0 Å². The number of hydrogen-bond donors (Lipinski definition) is 1. The maximum Gasteiger partial charge on any atom is 0.387 e. The molecule has 0 unspecified atom stereocenters. The molecule has 18 heavy (non-hydrogen) atoms. The highest BCUT2D eigenvalue weighted by atomic mass is 19.3. The van der Waals surface area contributed by atoms with Gasteiger partial charge in [0.05, 0.1) is 0 Å². The average molecular weight is 255 g/mol. The van der Waals surface area contributed by atoms with Crippen molar-refractivity contribution in [2.75, 3.05) is 0 Å². The van der Waals surface area contributed by atoms with Gasteiger partial charge in [-0.3, -0.25) is 0 Å². The summed E-state index contributed by atoms with van der Waals surface area (Å²) in [5.74, 6) is 0.590. The molecule has 1 saturated carbocycles.